The van der Waals surface area contributed by atoms with E-state index in [0.717, 1.165) is 17.1 Å². The largest absolute Gasteiger partial charge is 0.351 e. The van der Waals surface area contributed by atoms with Gasteiger partial charge in [0.1, 0.15) is 0 Å². The molecule has 0 unspecified atom stereocenters. The lowest BCUT2D eigenvalue weighted by Gasteiger charge is -2.12. The van der Waals surface area contributed by atoms with E-state index in [1.807, 2.05) is 6.07 Å². The van der Waals surface area contributed by atoms with Crippen LogP contribution >= 0.6 is 11.8 Å². The van der Waals surface area contributed by atoms with Crippen LogP contribution in [0.15, 0.2) is 77.7 Å². The van der Waals surface area contributed by atoms with Gasteiger partial charge in [-0.2, -0.15) is 11.8 Å². The van der Waals surface area contributed by atoms with Crippen LogP contribution in [0.25, 0.3) is 0 Å². The maximum absolute atomic E-state index is 12.6. The lowest BCUT2D eigenvalue weighted by molar-refractivity contribution is 0.0956. The Morgan fingerprint density at radius 3 is 2.45 bits per heavy atom. The van der Waals surface area contributed by atoms with E-state index in [9.17, 15) is 13.2 Å². The summed E-state index contributed by atoms with van der Waals surface area (Å²) in [6.45, 7) is 4.41. The molecule has 0 aliphatic rings. The van der Waals surface area contributed by atoms with Crippen LogP contribution in [0, 0.1) is 13.8 Å². The van der Waals surface area contributed by atoms with E-state index in [1.165, 1.54) is 23.3 Å². The minimum Gasteiger partial charge on any atom is -0.351 e. The normalized spacial score (nSPS) is 11.2. The van der Waals surface area contributed by atoms with Crippen molar-refractivity contribution in [2.24, 2.45) is 0 Å². The zero-order chi connectivity index (χ0) is 22.3. The summed E-state index contributed by atoms with van der Waals surface area (Å²) in [6.07, 6.45) is 0. The Morgan fingerprint density at radius 1 is 0.935 bits per heavy atom. The zero-order valence-electron chi connectivity index (χ0n) is 17.6. The number of carbonyl (C=O) groups is 1. The average Bonchev–Trinajstić information content (AvgIpc) is 2.75. The Balaban J connectivity index is 1.56. The van der Waals surface area contributed by atoms with Crippen LogP contribution in [0.3, 0.4) is 0 Å². The van der Waals surface area contributed by atoms with Gasteiger partial charge in [-0.1, -0.05) is 54.1 Å². The van der Waals surface area contributed by atoms with Gasteiger partial charge >= 0.3 is 0 Å². The molecule has 0 spiro atoms. The Morgan fingerprint density at radius 2 is 1.71 bits per heavy atom. The van der Waals surface area contributed by atoms with Crippen LogP contribution < -0.4 is 10.0 Å². The van der Waals surface area contributed by atoms with E-state index >= 15 is 0 Å². The molecule has 0 aromatic heterocycles. The molecule has 0 heterocycles. The molecule has 0 bridgehead atoms. The van der Waals surface area contributed by atoms with Crippen LogP contribution in [-0.2, 0) is 15.8 Å². The lowest BCUT2D eigenvalue weighted by Crippen LogP contribution is -2.26. The molecule has 0 fully saturated rings. The van der Waals surface area contributed by atoms with Gasteiger partial charge in [0.25, 0.3) is 15.9 Å². The Bertz CT molecular complexity index is 1150. The minimum absolute atomic E-state index is 0.176. The van der Waals surface area contributed by atoms with Gasteiger partial charge in [0.2, 0.25) is 0 Å². The fourth-order valence-corrected chi connectivity index (χ4v) is 4.96. The lowest BCUT2D eigenvalue weighted by atomic mass is 10.1. The highest BCUT2D eigenvalue weighted by Crippen LogP contribution is 2.21. The monoisotopic (exact) mass is 454 g/mol. The molecule has 2 N–H and O–H groups in total. The summed E-state index contributed by atoms with van der Waals surface area (Å²) in [4.78, 5) is 12.7. The third-order valence-electron chi connectivity index (χ3n) is 4.68. The molecule has 3 rings (SSSR count). The summed E-state index contributed by atoms with van der Waals surface area (Å²) in [6, 6.07) is 21.6. The molecule has 0 saturated carbocycles. The van der Waals surface area contributed by atoms with E-state index in [0.29, 0.717) is 17.8 Å². The molecular formula is C24H26N2O3S2. The Kier molecular flexibility index (Phi) is 7.76. The second-order valence-corrected chi connectivity index (χ2v) is 10.0. The van der Waals surface area contributed by atoms with Crippen LogP contribution in [0.2, 0.25) is 0 Å². The van der Waals surface area contributed by atoms with Gasteiger partial charge in [-0.25, -0.2) is 8.42 Å². The van der Waals surface area contributed by atoms with Crippen LogP contribution in [0.5, 0.6) is 0 Å². The number of hydrogen-bond acceptors (Lipinski definition) is 4. The minimum atomic E-state index is -3.72. The first-order valence-corrected chi connectivity index (χ1v) is 12.6. The predicted molar refractivity (Wildman–Crippen MR) is 128 cm³/mol. The molecule has 31 heavy (non-hydrogen) atoms. The van der Waals surface area contributed by atoms with Crippen molar-refractivity contribution in [3.05, 3.63) is 95.1 Å². The van der Waals surface area contributed by atoms with Crippen LogP contribution in [0.1, 0.15) is 27.0 Å². The van der Waals surface area contributed by atoms with Gasteiger partial charge in [-0.05, 0) is 49.2 Å². The van der Waals surface area contributed by atoms with Crippen molar-refractivity contribution >= 4 is 33.4 Å². The third kappa shape index (κ3) is 6.60. The molecule has 0 aliphatic carbocycles. The highest BCUT2D eigenvalue weighted by atomic mass is 32.2. The van der Waals surface area contributed by atoms with Crippen molar-refractivity contribution < 1.29 is 13.2 Å². The number of carbonyl (C=O) groups excluding carboxylic acids is 1. The van der Waals surface area contributed by atoms with Crippen molar-refractivity contribution in [2.75, 3.05) is 17.0 Å². The van der Waals surface area contributed by atoms with Gasteiger partial charge in [-0.15, -0.1) is 0 Å². The molecule has 3 aromatic rings. The fraction of sp³-hybridized carbons (Fsp3) is 0.208. The molecule has 0 radical (unpaired) electrons. The number of anilines is 1. The van der Waals surface area contributed by atoms with Crippen molar-refractivity contribution in [2.45, 2.75) is 24.5 Å². The van der Waals surface area contributed by atoms with Gasteiger partial charge in [-0.3, -0.25) is 9.52 Å². The van der Waals surface area contributed by atoms with Gasteiger partial charge in [0.05, 0.1) is 10.6 Å². The van der Waals surface area contributed by atoms with Crippen LogP contribution in [0.4, 0.5) is 5.69 Å². The number of aryl methyl sites for hydroxylation is 2. The van der Waals surface area contributed by atoms with Crippen molar-refractivity contribution in [1.82, 2.24) is 5.32 Å². The van der Waals surface area contributed by atoms with Crippen molar-refractivity contribution in [1.29, 1.82) is 0 Å². The number of sulfonamides is 1. The average molecular weight is 455 g/mol. The predicted octanol–water partition coefficient (Wildman–Crippen LogP) is 4.77. The highest BCUT2D eigenvalue weighted by molar-refractivity contribution is 7.98. The molecule has 0 aliphatic heterocycles. The third-order valence-corrected chi connectivity index (χ3v) is 7.09. The molecule has 0 saturated heterocycles. The molecule has 162 valence electrons. The Labute approximate surface area is 188 Å². The summed E-state index contributed by atoms with van der Waals surface area (Å²) in [7, 11) is -3.72. The quantitative estimate of drug-likeness (QED) is 0.457. The summed E-state index contributed by atoms with van der Waals surface area (Å²) in [5.74, 6) is 1.46. The summed E-state index contributed by atoms with van der Waals surface area (Å²) in [5, 5.41) is 2.90. The molecular weight excluding hydrogens is 428 g/mol. The van der Waals surface area contributed by atoms with Gasteiger partial charge in [0, 0.05) is 23.6 Å². The molecule has 5 nitrogen and oxygen atoms in total. The first-order valence-electron chi connectivity index (χ1n) is 9.95. The zero-order valence-corrected chi connectivity index (χ0v) is 19.2. The van der Waals surface area contributed by atoms with Crippen LogP contribution in [-0.4, -0.2) is 26.6 Å². The van der Waals surface area contributed by atoms with Crippen molar-refractivity contribution in [3.63, 3.8) is 0 Å². The van der Waals surface area contributed by atoms with Gasteiger partial charge in [0.15, 0.2) is 0 Å². The standard InChI is InChI=1S/C24H26N2O3S2/c1-18-7-6-8-20(15-18)17-30-14-13-25-24(27)21-12-11-19(2)23(16-21)26-31(28,29)22-9-4-3-5-10-22/h3-12,15-16,26H,13-14,17H2,1-2H3,(H,25,27). The van der Waals surface area contributed by atoms with Gasteiger partial charge < -0.3 is 5.32 Å². The van der Waals surface area contributed by atoms with E-state index in [1.54, 1.807) is 55.1 Å². The first kappa shape index (κ1) is 22.9. The highest BCUT2D eigenvalue weighted by Gasteiger charge is 2.16. The smallest absolute Gasteiger partial charge is 0.261 e. The topological polar surface area (TPSA) is 75.3 Å². The molecule has 7 heteroatoms. The summed E-state index contributed by atoms with van der Waals surface area (Å²) < 4.78 is 27.8. The molecule has 3 aromatic carbocycles. The number of hydrogen-bond donors (Lipinski definition) is 2. The van der Waals surface area contributed by atoms with E-state index in [4.69, 9.17) is 0 Å². The second-order valence-electron chi connectivity index (χ2n) is 7.25. The van der Waals surface area contributed by atoms with E-state index in [2.05, 4.69) is 35.2 Å². The molecule has 0 atom stereocenters. The number of nitrogens with one attached hydrogen (secondary N) is 2. The second kappa shape index (κ2) is 10.5. The Hall–Kier alpha value is -2.77. The summed E-state index contributed by atoms with van der Waals surface area (Å²) in [5.41, 5.74) is 4.06. The summed E-state index contributed by atoms with van der Waals surface area (Å²) >= 11 is 1.76. The maximum atomic E-state index is 12.6. The molecule has 1 amide bonds. The number of benzene rings is 3. The van der Waals surface area contributed by atoms with Crippen molar-refractivity contribution in [3.8, 4) is 0 Å². The number of rotatable bonds is 9. The van der Waals surface area contributed by atoms with E-state index < -0.39 is 10.0 Å². The fourth-order valence-electron chi connectivity index (χ4n) is 3.01. The SMILES string of the molecule is Cc1cccc(CSCCNC(=O)c2ccc(C)c(NS(=O)(=O)c3ccccc3)c2)c1. The maximum Gasteiger partial charge on any atom is 0.261 e. The number of amides is 1. The first-order chi connectivity index (χ1) is 14.8. The van der Waals surface area contributed by atoms with E-state index in [-0.39, 0.29) is 10.8 Å². The number of thioether (sulfide) groups is 1.